The van der Waals surface area contributed by atoms with E-state index >= 15 is 0 Å². The second-order valence-corrected chi connectivity index (χ2v) is 6.19. The third kappa shape index (κ3) is 3.99. The van der Waals surface area contributed by atoms with Crippen molar-refractivity contribution in [3.05, 3.63) is 29.8 Å². The monoisotopic (exact) mass is 274 g/mol. The molecule has 20 heavy (non-hydrogen) atoms. The molecular weight excluding hydrogens is 244 g/mol. The number of anilines is 1. The normalized spacial score (nSPS) is 16.1. The van der Waals surface area contributed by atoms with Crippen molar-refractivity contribution >= 4 is 5.69 Å². The van der Waals surface area contributed by atoms with Gasteiger partial charge in [-0.1, -0.05) is 25.5 Å². The van der Waals surface area contributed by atoms with E-state index in [2.05, 4.69) is 55.3 Å². The van der Waals surface area contributed by atoms with Crippen LogP contribution in [0.25, 0.3) is 0 Å². The summed E-state index contributed by atoms with van der Waals surface area (Å²) in [4.78, 5) is 2.39. The standard InChI is InChI=1S/C18H30N2/c1-4-11-18(12-13-18)15-19-14-16-7-9-17(10-8-16)20(5-2)6-3/h7-10,19H,4-6,11-15H2,1-3H3. The molecule has 0 unspecified atom stereocenters. The van der Waals surface area contributed by atoms with Crippen molar-refractivity contribution in [1.29, 1.82) is 0 Å². The third-order valence-corrected chi connectivity index (χ3v) is 4.63. The van der Waals surface area contributed by atoms with Crippen molar-refractivity contribution < 1.29 is 0 Å². The average Bonchev–Trinajstić information content (AvgIpc) is 3.22. The summed E-state index contributed by atoms with van der Waals surface area (Å²) < 4.78 is 0. The molecule has 2 nitrogen and oxygen atoms in total. The molecule has 0 atom stereocenters. The molecule has 1 aliphatic carbocycles. The third-order valence-electron chi connectivity index (χ3n) is 4.63. The lowest BCUT2D eigenvalue weighted by Crippen LogP contribution is -2.24. The second kappa shape index (κ2) is 7.12. The summed E-state index contributed by atoms with van der Waals surface area (Å²) in [6, 6.07) is 9.03. The van der Waals surface area contributed by atoms with Gasteiger partial charge < -0.3 is 10.2 Å². The molecule has 1 fully saturated rings. The molecule has 1 aromatic carbocycles. The fraction of sp³-hybridized carbons (Fsp3) is 0.667. The molecule has 0 amide bonds. The Hall–Kier alpha value is -1.02. The number of nitrogens with one attached hydrogen (secondary N) is 1. The zero-order valence-corrected chi connectivity index (χ0v) is 13.4. The van der Waals surface area contributed by atoms with Gasteiger partial charge in [-0.05, 0) is 56.2 Å². The minimum absolute atomic E-state index is 0.649. The number of benzene rings is 1. The van der Waals surface area contributed by atoms with Gasteiger partial charge >= 0.3 is 0 Å². The molecule has 2 rings (SSSR count). The van der Waals surface area contributed by atoms with E-state index < -0.39 is 0 Å². The van der Waals surface area contributed by atoms with E-state index in [-0.39, 0.29) is 0 Å². The van der Waals surface area contributed by atoms with Crippen LogP contribution < -0.4 is 10.2 Å². The van der Waals surface area contributed by atoms with Gasteiger partial charge in [-0.15, -0.1) is 0 Å². The molecule has 0 saturated heterocycles. The molecule has 1 N–H and O–H groups in total. The maximum atomic E-state index is 3.65. The van der Waals surface area contributed by atoms with Crippen LogP contribution in [0.15, 0.2) is 24.3 Å². The van der Waals surface area contributed by atoms with Crippen LogP contribution >= 0.6 is 0 Å². The van der Waals surface area contributed by atoms with E-state index in [1.807, 2.05) is 0 Å². The van der Waals surface area contributed by atoms with Crippen LogP contribution in [-0.4, -0.2) is 19.6 Å². The Labute approximate surface area is 124 Å². The highest BCUT2D eigenvalue weighted by Gasteiger charge is 2.40. The molecule has 1 aliphatic rings. The summed E-state index contributed by atoms with van der Waals surface area (Å²) in [5.41, 5.74) is 3.38. The fourth-order valence-corrected chi connectivity index (χ4v) is 3.11. The molecule has 0 spiro atoms. The zero-order valence-electron chi connectivity index (χ0n) is 13.4. The average molecular weight is 274 g/mol. The van der Waals surface area contributed by atoms with Crippen LogP contribution in [-0.2, 0) is 6.54 Å². The van der Waals surface area contributed by atoms with E-state index in [0.717, 1.165) is 19.6 Å². The number of rotatable bonds is 9. The first-order valence-corrected chi connectivity index (χ1v) is 8.27. The molecule has 0 radical (unpaired) electrons. The van der Waals surface area contributed by atoms with E-state index in [1.54, 1.807) is 0 Å². The highest BCUT2D eigenvalue weighted by atomic mass is 15.1. The highest BCUT2D eigenvalue weighted by Crippen LogP contribution is 2.48. The number of nitrogens with zero attached hydrogens (tertiary/aromatic N) is 1. The molecule has 112 valence electrons. The molecule has 0 aromatic heterocycles. The zero-order chi connectivity index (χ0) is 14.4. The topological polar surface area (TPSA) is 15.3 Å². The predicted molar refractivity (Wildman–Crippen MR) is 88.3 cm³/mol. The summed E-state index contributed by atoms with van der Waals surface area (Å²) in [7, 11) is 0. The summed E-state index contributed by atoms with van der Waals surface area (Å²) in [5, 5.41) is 3.65. The number of hydrogen-bond donors (Lipinski definition) is 1. The van der Waals surface area contributed by atoms with E-state index in [4.69, 9.17) is 0 Å². The SMILES string of the molecule is CCCC1(CNCc2ccc(N(CC)CC)cc2)CC1. The Morgan fingerprint density at radius 1 is 1.05 bits per heavy atom. The van der Waals surface area contributed by atoms with Crippen molar-refractivity contribution in [3.8, 4) is 0 Å². The van der Waals surface area contributed by atoms with E-state index in [0.29, 0.717) is 5.41 Å². The summed E-state index contributed by atoms with van der Waals surface area (Å²) >= 11 is 0. The molecule has 0 heterocycles. The van der Waals surface area contributed by atoms with Gasteiger partial charge in [0.1, 0.15) is 0 Å². The first-order chi connectivity index (χ1) is 9.73. The Kier molecular flexibility index (Phi) is 5.47. The lowest BCUT2D eigenvalue weighted by atomic mass is 10.0. The molecule has 1 aromatic rings. The van der Waals surface area contributed by atoms with Crippen LogP contribution in [0.1, 0.15) is 52.0 Å². The Morgan fingerprint density at radius 3 is 2.20 bits per heavy atom. The minimum atomic E-state index is 0.649. The van der Waals surface area contributed by atoms with E-state index in [1.165, 1.54) is 43.5 Å². The highest BCUT2D eigenvalue weighted by molar-refractivity contribution is 5.47. The smallest absolute Gasteiger partial charge is 0.0366 e. The quantitative estimate of drug-likeness (QED) is 0.726. The van der Waals surface area contributed by atoms with Gasteiger partial charge in [-0.2, -0.15) is 0 Å². The lowest BCUT2D eigenvalue weighted by Gasteiger charge is -2.21. The van der Waals surface area contributed by atoms with E-state index in [9.17, 15) is 0 Å². The first kappa shape index (κ1) is 15.4. The minimum Gasteiger partial charge on any atom is -0.372 e. The van der Waals surface area contributed by atoms with Gasteiger partial charge in [0.05, 0.1) is 0 Å². The molecule has 0 bridgehead atoms. The summed E-state index contributed by atoms with van der Waals surface area (Å²) in [6.07, 6.45) is 5.56. The van der Waals surface area contributed by atoms with Gasteiger partial charge in [-0.25, -0.2) is 0 Å². The van der Waals surface area contributed by atoms with Gasteiger partial charge in [0.25, 0.3) is 0 Å². The number of hydrogen-bond acceptors (Lipinski definition) is 2. The Bertz CT molecular complexity index is 388. The van der Waals surface area contributed by atoms with Crippen LogP contribution in [0.4, 0.5) is 5.69 Å². The first-order valence-electron chi connectivity index (χ1n) is 8.27. The Balaban J connectivity index is 1.79. The van der Waals surface area contributed by atoms with Crippen LogP contribution in [0, 0.1) is 5.41 Å². The molecular formula is C18H30N2. The van der Waals surface area contributed by atoms with Crippen molar-refractivity contribution in [1.82, 2.24) is 5.32 Å². The van der Waals surface area contributed by atoms with Crippen LogP contribution in [0.2, 0.25) is 0 Å². The van der Waals surface area contributed by atoms with Crippen molar-refractivity contribution in [2.45, 2.75) is 53.0 Å². The maximum absolute atomic E-state index is 3.65. The lowest BCUT2D eigenvalue weighted by molar-refractivity contribution is 0.421. The van der Waals surface area contributed by atoms with Gasteiger partial charge in [0.2, 0.25) is 0 Å². The second-order valence-electron chi connectivity index (χ2n) is 6.19. The van der Waals surface area contributed by atoms with Gasteiger partial charge in [0.15, 0.2) is 0 Å². The molecule has 0 aliphatic heterocycles. The van der Waals surface area contributed by atoms with Crippen LogP contribution in [0.3, 0.4) is 0 Å². The van der Waals surface area contributed by atoms with Gasteiger partial charge in [-0.3, -0.25) is 0 Å². The summed E-state index contributed by atoms with van der Waals surface area (Å²) in [5.74, 6) is 0. The van der Waals surface area contributed by atoms with Crippen LogP contribution in [0.5, 0.6) is 0 Å². The summed E-state index contributed by atoms with van der Waals surface area (Å²) in [6.45, 7) is 11.1. The molecule has 2 heteroatoms. The molecule has 1 saturated carbocycles. The Morgan fingerprint density at radius 2 is 1.70 bits per heavy atom. The van der Waals surface area contributed by atoms with Crippen molar-refractivity contribution in [3.63, 3.8) is 0 Å². The van der Waals surface area contributed by atoms with Gasteiger partial charge in [0, 0.05) is 31.9 Å². The van der Waals surface area contributed by atoms with Crippen molar-refractivity contribution in [2.75, 3.05) is 24.5 Å². The fourth-order valence-electron chi connectivity index (χ4n) is 3.11. The maximum Gasteiger partial charge on any atom is 0.0366 e. The predicted octanol–water partition coefficient (Wildman–Crippen LogP) is 4.20. The largest absolute Gasteiger partial charge is 0.372 e. The van der Waals surface area contributed by atoms with Crippen molar-refractivity contribution in [2.24, 2.45) is 5.41 Å².